The Bertz CT molecular complexity index is 749. The molecule has 3 heteroatoms. The fourth-order valence-corrected chi connectivity index (χ4v) is 3.46. The van der Waals surface area contributed by atoms with Crippen LogP contribution in [-0.2, 0) is 6.42 Å². The molecule has 2 aromatic carbocycles. The smallest absolute Gasteiger partial charge is 0.0824 e. The largest absolute Gasteiger partial charge is 0.275 e. The molecule has 0 saturated carbocycles. The van der Waals surface area contributed by atoms with E-state index in [2.05, 4.69) is 32.0 Å². The lowest BCUT2D eigenvalue weighted by Gasteiger charge is -2.15. The van der Waals surface area contributed by atoms with Crippen LogP contribution in [0.25, 0.3) is 0 Å². The van der Waals surface area contributed by atoms with Gasteiger partial charge in [0.25, 0.3) is 0 Å². The number of hydrogen-bond donors (Lipinski definition) is 0. The first-order valence-electron chi connectivity index (χ1n) is 7.99. The zero-order chi connectivity index (χ0) is 16.4. The average Bonchev–Trinajstić information content (AvgIpc) is 2.65. The van der Waals surface area contributed by atoms with Gasteiger partial charge in [-0.1, -0.05) is 74.1 Å². The highest BCUT2D eigenvalue weighted by Gasteiger charge is 2.24. The standard InChI is InChI=1S/C20H20ClNS/c1-13(2)10-18-19(23)11-15-8-9-16(21)12-17(15)20(22-18)14-6-4-3-5-7-14/h3-9,12-13,18H,10-11H2,1-2H3/t18-/m0/s1. The quantitative estimate of drug-likeness (QED) is 0.670. The molecule has 23 heavy (non-hydrogen) atoms. The van der Waals surface area contributed by atoms with Crippen molar-refractivity contribution in [3.05, 3.63) is 70.2 Å². The van der Waals surface area contributed by atoms with Gasteiger partial charge < -0.3 is 0 Å². The summed E-state index contributed by atoms with van der Waals surface area (Å²) in [5.74, 6) is 0.559. The van der Waals surface area contributed by atoms with Crippen LogP contribution in [0.4, 0.5) is 0 Å². The first kappa shape index (κ1) is 16.4. The van der Waals surface area contributed by atoms with Gasteiger partial charge in [0, 0.05) is 27.4 Å². The lowest BCUT2D eigenvalue weighted by Crippen LogP contribution is -2.20. The van der Waals surface area contributed by atoms with Crippen molar-refractivity contribution >= 4 is 34.4 Å². The van der Waals surface area contributed by atoms with E-state index in [4.69, 9.17) is 28.8 Å². The predicted molar refractivity (Wildman–Crippen MR) is 103 cm³/mol. The molecule has 1 aliphatic heterocycles. The van der Waals surface area contributed by atoms with Crippen LogP contribution in [0.5, 0.6) is 0 Å². The van der Waals surface area contributed by atoms with Crippen LogP contribution in [0.15, 0.2) is 53.5 Å². The molecule has 0 radical (unpaired) electrons. The third-order valence-electron chi connectivity index (χ3n) is 4.09. The second-order valence-corrected chi connectivity index (χ2v) is 7.39. The zero-order valence-electron chi connectivity index (χ0n) is 13.4. The van der Waals surface area contributed by atoms with Crippen molar-refractivity contribution in [2.24, 2.45) is 10.9 Å². The number of fused-ring (bicyclic) bond motifs is 1. The minimum Gasteiger partial charge on any atom is -0.275 e. The molecule has 0 N–H and O–H groups in total. The summed E-state index contributed by atoms with van der Waals surface area (Å²) in [7, 11) is 0. The molecule has 1 nitrogen and oxygen atoms in total. The van der Waals surface area contributed by atoms with Crippen LogP contribution in [-0.4, -0.2) is 16.6 Å². The minimum absolute atomic E-state index is 0.0892. The number of hydrogen-bond acceptors (Lipinski definition) is 2. The summed E-state index contributed by atoms with van der Waals surface area (Å²) >= 11 is 12.0. The summed E-state index contributed by atoms with van der Waals surface area (Å²) in [6.45, 7) is 4.43. The van der Waals surface area contributed by atoms with Gasteiger partial charge in [-0.25, -0.2) is 0 Å². The summed E-state index contributed by atoms with van der Waals surface area (Å²) in [4.78, 5) is 6.09. The number of benzene rings is 2. The van der Waals surface area contributed by atoms with E-state index in [9.17, 15) is 0 Å². The van der Waals surface area contributed by atoms with Gasteiger partial charge in [0.05, 0.1) is 11.8 Å². The summed E-state index contributed by atoms with van der Waals surface area (Å²) < 4.78 is 0. The molecule has 1 heterocycles. The van der Waals surface area contributed by atoms with E-state index in [1.807, 2.05) is 30.3 Å². The van der Waals surface area contributed by atoms with Gasteiger partial charge in [-0.3, -0.25) is 4.99 Å². The number of halogens is 1. The van der Waals surface area contributed by atoms with Crippen molar-refractivity contribution in [1.29, 1.82) is 0 Å². The maximum Gasteiger partial charge on any atom is 0.0824 e. The Hall–Kier alpha value is -1.51. The monoisotopic (exact) mass is 341 g/mol. The van der Waals surface area contributed by atoms with Gasteiger partial charge in [0.2, 0.25) is 0 Å². The third-order valence-corrected chi connectivity index (χ3v) is 4.74. The SMILES string of the molecule is CC(C)C[C@@H]1N=C(c2ccccc2)c2cc(Cl)ccc2CC1=S. The van der Waals surface area contributed by atoms with Crippen LogP contribution in [0, 0.1) is 5.92 Å². The Labute approximate surface area is 148 Å². The summed E-state index contributed by atoms with van der Waals surface area (Å²) in [6, 6.07) is 16.4. The van der Waals surface area contributed by atoms with E-state index in [1.165, 1.54) is 5.56 Å². The molecule has 1 aliphatic rings. The van der Waals surface area contributed by atoms with Gasteiger partial charge in [-0.15, -0.1) is 0 Å². The van der Waals surface area contributed by atoms with E-state index >= 15 is 0 Å². The minimum atomic E-state index is 0.0892. The average molecular weight is 342 g/mol. The molecule has 0 aromatic heterocycles. The normalized spacial score (nSPS) is 17.7. The van der Waals surface area contributed by atoms with E-state index in [-0.39, 0.29) is 6.04 Å². The van der Waals surface area contributed by atoms with Gasteiger partial charge in [-0.2, -0.15) is 0 Å². The first-order valence-corrected chi connectivity index (χ1v) is 8.78. The topological polar surface area (TPSA) is 12.4 Å². The molecule has 1 atom stereocenters. The second-order valence-electron chi connectivity index (χ2n) is 6.43. The molecule has 0 bridgehead atoms. The van der Waals surface area contributed by atoms with Gasteiger partial charge in [-0.05, 0) is 30.0 Å². The highest BCUT2D eigenvalue weighted by atomic mass is 35.5. The lowest BCUT2D eigenvalue weighted by molar-refractivity contribution is 0.562. The number of rotatable bonds is 3. The molecule has 0 spiro atoms. The van der Waals surface area contributed by atoms with Crippen LogP contribution in [0.2, 0.25) is 5.02 Å². The molecule has 0 fully saturated rings. The molecular formula is C20H20ClNS. The van der Waals surface area contributed by atoms with Crippen molar-refractivity contribution in [3.8, 4) is 0 Å². The highest BCUT2D eigenvalue weighted by Crippen LogP contribution is 2.27. The Morgan fingerprint density at radius 3 is 2.61 bits per heavy atom. The molecule has 0 amide bonds. The maximum absolute atomic E-state index is 6.25. The van der Waals surface area contributed by atoms with Crippen molar-refractivity contribution in [2.45, 2.75) is 32.7 Å². The van der Waals surface area contributed by atoms with Crippen molar-refractivity contribution < 1.29 is 0 Å². The van der Waals surface area contributed by atoms with E-state index < -0.39 is 0 Å². The molecule has 2 aromatic rings. The van der Waals surface area contributed by atoms with Crippen LogP contribution < -0.4 is 0 Å². The zero-order valence-corrected chi connectivity index (χ0v) is 15.0. The molecule has 0 aliphatic carbocycles. The van der Waals surface area contributed by atoms with E-state index in [1.54, 1.807) is 0 Å². The summed E-state index contributed by atoms with van der Waals surface area (Å²) in [5.41, 5.74) is 4.45. The number of thiocarbonyl (C=S) groups is 1. The van der Waals surface area contributed by atoms with Crippen molar-refractivity contribution in [2.75, 3.05) is 0 Å². The van der Waals surface area contributed by atoms with Gasteiger partial charge in [0.15, 0.2) is 0 Å². The predicted octanol–water partition coefficient (Wildman–Crippen LogP) is 5.52. The van der Waals surface area contributed by atoms with Crippen LogP contribution >= 0.6 is 23.8 Å². The summed E-state index contributed by atoms with van der Waals surface area (Å²) in [6.07, 6.45) is 1.77. The van der Waals surface area contributed by atoms with Crippen LogP contribution in [0.3, 0.4) is 0 Å². The summed E-state index contributed by atoms with van der Waals surface area (Å²) in [5, 5.41) is 0.737. The molecule has 118 valence electrons. The van der Waals surface area contributed by atoms with Crippen molar-refractivity contribution in [1.82, 2.24) is 0 Å². The molecular weight excluding hydrogens is 322 g/mol. The fourth-order valence-electron chi connectivity index (χ4n) is 2.98. The maximum atomic E-state index is 6.25. The molecule has 0 unspecified atom stereocenters. The Kier molecular flexibility index (Phi) is 4.93. The third kappa shape index (κ3) is 3.70. The molecule has 3 rings (SSSR count). The Morgan fingerprint density at radius 1 is 1.17 bits per heavy atom. The molecule has 0 saturated heterocycles. The first-order chi connectivity index (χ1) is 11.0. The number of nitrogens with zero attached hydrogens (tertiary/aromatic N) is 1. The Balaban J connectivity index is 2.16. The van der Waals surface area contributed by atoms with E-state index in [0.29, 0.717) is 5.92 Å². The Morgan fingerprint density at radius 2 is 1.91 bits per heavy atom. The van der Waals surface area contributed by atoms with E-state index in [0.717, 1.165) is 39.6 Å². The van der Waals surface area contributed by atoms with Gasteiger partial charge in [0.1, 0.15) is 0 Å². The number of aliphatic imine (C=N–C) groups is 1. The van der Waals surface area contributed by atoms with Gasteiger partial charge >= 0.3 is 0 Å². The fraction of sp³-hybridized carbons (Fsp3) is 0.300. The highest BCUT2D eigenvalue weighted by molar-refractivity contribution is 7.80. The second kappa shape index (κ2) is 6.94. The van der Waals surface area contributed by atoms with Crippen LogP contribution in [0.1, 0.15) is 37.0 Å². The lowest BCUT2D eigenvalue weighted by atomic mass is 9.95. The van der Waals surface area contributed by atoms with Crippen molar-refractivity contribution in [3.63, 3.8) is 0 Å².